The Bertz CT molecular complexity index is 342. The fourth-order valence-corrected chi connectivity index (χ4v) is 1.37. The van der Waals surface area contributed by atoms with Crippen molar-refractivity contribution in [1.82, 2.24) is 0 Å². The van der Waals surface area contributed by atoms with Crippen LogP contribution in [0.4, 0.5) is 15.8 Å². The van der Waals surface area contributed by atoms with E-state index in [2.05, 4.69) is 19.2 Å². The molecule has 0 atom stereocenters. The Labute approximate surface area is 102 Å². The molecule has 0 spiro atoms. The highest BCUT2D eigenvalue weighted by molar-refractivity contribution is 5.65. The minimum Gasteiger partial charge on any atom is -0.397 e. The van der Waals surface area contributed by atoms with Crippen molar-refractivity contribution in [2.45, 2.75) is 20.3 Å². The molecule has 0 heterocycles. The van der Waals surface area contributed by atoms with Crippen molar-refractivity contribution in [3.05, 3.63) is 24.0 Å². The third kappa shape index (κ3) is 5.54. The van der Waals surface area contributed by atoms with E-state index in [0.29, 0.717) is 24.8 Å². The molecule has 0 amide bonds. The number of nitrogen functional groups attached to an aromatic ring is 1. The second-order valence-corrected chi connectivity index (χ2v) is 4.45. The Morgan fingerprint density at radius 3 is 2.76 bits per heavy atom. The van der Waals surface area contributed by atoms with E-state index < -0.39 is 0 Å². The molecule has 4 heteroatoms. The molecule has 0 unspecified atom stereocenters. The van der Waals surface area contributed by atoms with Gasteiger partial charge in [0, 0.05) is 13.2 Å². The van der Waals surface area contributed by atoms with Gasteiger partial charge in [0.2, 0.25) is 0 Å². The van der Waals surface area contributed by atoms with Crippen molar-refractivity contribution < 1.29 is 9.13 Å². The van der Waals surface area contributed by atoms with Crippen LogP contribution in [0.5, 0.6) is 0 Å². The number of rotatable bonds is 7. The van der Waals surface area contributed by atoms with Gasteiger partial charge in [-0.25, -0.2) is 4.39 Å². The molecule has 1 aromatic rings. The Hall–Kier alpha value is -1.29. The lowest BCUT2D eigenvalue weighted by atomic mass is 10.1. The first kappa shape index (κ1) is 13.8. The fourth-order valence-electron chi connectivity index (χ4n) is 1.37. The molecule has 96 valence electrons. The van der Waals surface area contributed by atoms with Crippen LogP contribution in [0.25, 0.3) is 0 Å². The highest BCUT2D eigenvalue weighted by Gasteiger charge is 1.99. The maximum atomic E-state index is 12.8. The highest BCUT2D eigenvalue weighted by Crippen LogP contribution is 2.18. The SMILES string of the molecule is CC(C)CCOCCNc1ccc(F)cc1N. The topological polar surface area (TPSA) is 47.3 Å². The molecule has 3 nitrogen and oxygen atoms in total. The first-order chi connectivity index (χ1) is 8.09. The minimum atomic E-state index is -0.318. The summed E-state index contributed by atoms with van der Waals surface area (Å²) in [5, 5.41) is 3.11. The molecule has 0 aliphatic heterocycles. The van der Waals surface area contributed by atoms with Crippen LogP contribution >= 0.6 is 0 Å². The van der Waals surface area contributed by atoms with Crippen LogP contribution in [-0.4, -0.2) is 19.8 Å². The largest absolute Gasteiger partial charge is 0.397 e. The zero-order valence-corrected chi connectivity index (χ0v) is 10.5. The molecule has 0 saturated carbocycles. The zero-order valence-electron chi connectivity index (χ0n) is 10.5. The van der Waals surface area contributed by atoms with Crippen molar-refractivity contribution >= 4 is 11.4 Å². The fraction of sp³-hybridized carbons (Fsp3) is 0.538. The second-order valence-electron chi connectivity index (χ2n) is 4.45. The van der Waals surface area contributed by atoms with E-state index in [-0.39, 0.29) is 5.82 Å². The van der Waals surface area contributed by atoms with E-state index in [0.717, 1.165) is 18.7 Å². The number of hydrogen-bond donors (Lipinski definition) is 2. The van der Waals surface area contributed by atoms with Gasteiger partial charge in [-0.1, -0.05) is 13.8 Å². The summed E-state index contributed by atoms with van der Waals surface area (Å²) in [6.45, 7) is 6.41. The summed E-state index contributed by atoms with van der Waals surface area (Å²) >= 11 is 0. The molecular formula is C13H21FN2O. The number of ether oxygens (including phenoxy) is 1. The summed E-state index contributed by atoms with van der Waals surface area (Å²) < 4.78 is 18.2. The molecule has 0 aliphatic rings. The van der Waals surface area contributed by atoms with Gasteiger partial charge in [-0.15, -0.1) is 0 Å². The number of nitrogens with one attached hydrogen (secondary N) is 1. The third-order valence-corrected chi connectivity index (χ3v) is 2.42. The molecular weight excluding hydrogens is 219 g/mol. The lowest BCUT2D eigenvalue weighted by Gasteiger charge is -2.10. The molecule has 0 aliphatic carbocycles. The van der Waals surface area contributed by atoms with Crippen LogP contribution in [0, 0.1) is 11.7 Å². The molecule has 3 N–H and O–H groups in total. The van der Waals surface area contributed by atoms with Crippen LogP contribution in [0.15, 0.2) is 18.2 Å². The molecule has 0 radical (unpaired) electrons. The van der Waals surface area contributed by atoms with Crippen LogP contribution < -0.4 is 11.1 Å². The van der Waals surface area contributed by atoms with Gasteiger partial charge < -0.3 is 15.8 Å². The van der Waals surface area contributed by atoms with E-state index >= 15 is 0 Å². The van der Waals surface area contributed by atoms with E-state index in [1.54, 1.807) is 6.07 Å². The molecule has 0 bridgehead atoms. The van der Waals surface area contributed by atoms with Gasteiger partial charge in [-0.3, -0.25) is 0 Å². The van der Waals surface area contributed by atoms with Gasteiger partial charge in [-0.2, -0.15) is 0 Å². The zero-order chi connectivity index (χ0) is 12.7. The Morgan fingerprint density at radius 1 is 1.35 bits per heavy atom. The first-order valence-electron chi connectivity index (χ1n) is 5.96. The summed E-state index contributed by atoms with van der Waals surface area (Å²) in [4.78, 5) is 0. The van der Waals surface area contributed by atoms with Gasteiger partial charge in [0.15, 0.2) is 0 Å². The monoisotopic (exact) mass is 240 g/mol. The Kier molecular flexibility index (Phi) is 5.77. The summed E-state index contributed by atoms with van der Waals surface area (Å²) in [6.07, 6.45) is 1.07. The summed E-state index contributed by atoms with van der Waals surface area (Å²) in [5.74, 6) is 0.344. The van der Waals surface area contributed by atoms with E-state index in [4.69, 9.17) is 10.5 Å². The van der Waals surface area contributed by atoms with E-state index in [9.17, 15) is 4.39 Å². The number of benzene rings is 1. The van der Waals surface area contributed by atoms with Crippen LogP contribution in [0.1, 0.15) is 20.3 Å². The Balaban J connectivity index is 2.18. The smallest absolute Gasteiger partial charge is 0.125 e. The highest BCUT2D eigenvalue weighted by atomic mass is 19.1. The summed E-state index contributed by atoms with van der Waals surface area (Å²) in [7, 11) is 0. The molecule has 0 saturated heterocycles. The van der Waals surface area contributed by atoms with Gasteiger partial charge in [0.05, 0.1) is 18.0 Å². The normalized spacial score (nSPS) is 10.8. The molecule has 0 aromatic heterocycles. The standard InChI is InChI=1S/C13H21FN2O/c1-10(2)5-7-17-8-6-16-13-4-3-11(14)9-12(13)15/h3-4,9-10,16H,5-8,15H2,1-2H3. The summed E-state index contributed by atoms with van der Waals surface area (Å²) in [5.41, 5.74) is 6.83. The maximum absolute atomic E-state index is 12.8. The van der Waals surface area contributed by atoms with Crippen LogP contribution in [0.3, 0.4) is 0 Å². The van der Waals surface area contributed by atoms with Crippen LogP contribution in [-0.2, 0) is 4.74 Å². The van der Waals surface area contributed by atoms with Crippen molar-refractivity contribution in [3.63, 3.8) is 0 Å². The van der Waals surface area contributed by atoms with Gasteiger partial charge >= 0.3 is 0 Å². The lowest BCUT2D eigenvalue weighted by molar-refractivity contribution is 0.132. The minimum absolute atomic E-state index is 0.318. The predicted molar refractivity (Wildman–Crippen MR) is 69.6 cm³/mol. The number of hydrogen-bond acceptors (Lipinski definition) is 3. The molecule has 1 rings (SSSR count). The van der Waals surface area contributed by atoms with Crippen molar-refractivity contribution in [1.29, 1.82) is 0 Å². The first-order valence-corrected chi connectivity index (χ1v) is 5.96. The number of nitrogens with two attached hydrogens (primary N) is 1. The molecule has 1 aromatic carbocycles. The van der Waals surface area contributed by atoms with Gasteiger partial charge in [0.25, 0.3) is 0 Å². The average Bonchev–Trinajstić information content (AvgIpc) is 2.25. The van der Waals surface area contributed by atoms with Gasteiger partial charge in [0.1, 0.15) is 5.82 Å². The number of halogens is 1. The molecule has 17 heavy (non-hydrogen) atoms. The molecule has 0 fully saturated rings. The summed E-state index contributed by atoms with van der Waals surface area (Å²) in [6, 6.07) is 4.33. The maximum Gasteiger partial charge on any atom is 0.125 e. The van der Waals surface area contributed by atoms with Crippen molar-refractivity contribution in [2.75, 3.05) is 30.8 Å². The third-order valence-electron chi connectivity index (χ3n) is 2.42. The van der Waals surface area contributed by atoms with E-state index in [1.807, 2.05) is 0 Å². The number of anilines is 2. The van der Waals surface area contributed by atoms with Crippen molar-refractivity contribution in [2.24, 2.45) is 5.92 Å². The lowest BCUT2D eigenvalue weighted by Crippen LogP contribution is -2.11. The Morgan fingerprint density at radius 2 is 2.12 bits per heavy atom. The second kappa shape index (κ2) is 7.12. The van der Waals surface area contributed by atoms with Crippen molar-refractivity contribution in [3.8, 4) is 0 Å². The van der Waals surface area contributed by atoms with E-state index in [1.165, 1.54) is 12.1 Å². The van der Waals surface area contributed by atoms with Gasteiger partial charge in [-0.05, 0) is 30.5 Å². The quantitative estimate of drug-likeness (QED) is 0.569. The average molecular weight is 240 g/mol. The predicted octanol–water partition coefficient (Wildman–Crippen LogP) is 2.88. The van der Waals surface area contributed by atoms with Crippen LogP contribution in [0.2, 0.25) is 0 Å².